The maximum atomic E-state index is 13.3. The van der Waals surface area contributed by atoms with E-state index >= 15 is 0 Å². The Bertz CT molecular complexity index is 1080. The van der Waals surface area contributed by atoms with Crippen LogP contribution in [0.2, 0.25) is 0 Å². The summed E-state index contributed by atoms with van der Waals surface area (Å²) in [6, 6.07) is 18.3. The molecule has 0 bridgehead atoms. The van der Waals surface area contributed by atoms with E-state index in [1.54, 1.807) is 10.8 Å². The summed E-state index contributed by atoms with van der Waals surface area (Å²) in [5, 5.41) is 4.93. The summed E-state index contributed by atoms with van der Waals surface area (Å²) in [7, 11) is 0. The van der Waals surface area contributed by atoms with Gasteiger partial charge in [-0.1, -0.05) is 75.4 Å². The fourth-order valence-electron chi connectivity index (χ4n) is 4.65. The second kappa shape index (κ2) is 8.43. The van der Waals surface area contributed by atoms with Gasteiger partial charge in [0, 0.05) is 23.1 Å². The molecule has 3 heteroatoms. The summed E-state index contributed by atoms with van der Waals surface area (Å²) in [6.07, 6.45) is 5.76. The van der Waals surface area contributed by atoms with E-state index in [1.807, 2.05) is 36.4 Å². The molecule has 1 aliphatic rings. The van der Waals surface area contributed by atoms with Gasteiger partial charge in [0.05, 0.1) is 11.4 Å². The summed E-state index contributed by atoms with van der Waals surface area (Å²) < 4.78 is 1.69. The van der Waals surface area contributed by atoms with Crippen LogP contribution in [0.4, 0.5) is 0 Å². The van der Waals surface area contributed by atoms with Gasteiger partial charge in [0.15, 0.2) is 0 Å². The topological polar surface area (TPSA) is 34.9 Å². The van der Waals surface area contributed by atoms with Gasteiger partial charge < -0.3 is 0 Å². The molecule has 3 nitrogen and oxygen atoms in total. The Morgan fingerprint density at radius 1 is 1.07 bits per heavy atom. The molecular weight excluding hydrogens is 368 g/mol. The molecule has 2 aromatic carbocycles. The number of benzene rings is 2. The summed E-state index contributed by atoms with van der Waals surface area (Å²) in [5.41, 5.74) is 6.68. The lowest BCUT2D eigenvalue weighted by Gasteiger charge is -2.30. The normalized spacial score (nSPS) is 18.7. The van der Waals surface area contributed by atoms with Crippen molar-refractivity contribution >= 4 is 12.0 Å². The minimum Gasteiger partial charge on any atom is -0.267 e. The molecule has 1 aromatic heterocycles. The van der Waals surface area contributed by atoms with E-state index < -0.39 is 0 Å². The van der Waals surface area contributed by atoms with Crippen molar-refractivity contribution in [2.24, 2.45) is 5.92 Å². The van der Waals surface area contributed by atoms with Crippen LogP contribution in [0.3, 0.4) is 0 Å². The van der Waals surface area contributed by atoms with E-state index in [2.05, 4.69) is 52.0 Å². The summed E-state index contributed by atoms with van der Waals surface area (Å²) >= 11 is 0. The Morgan fingerprint density at radius 2 is 1.77 bits per heavy atom. The predicted octanol–water partition coefficient (Wildman–Crippen LogP) is 6.85. The number of hydrogen-bond acceptors (Lipinski definition) is 2. The van der Waals surface area contributed by atoms with Gasteiger partial charge in [-0.3, -0.25) is 4.79 Å². The summed E-state index contributed by atoms with van der Waals surface area (Å²) in [4.78, 5) is 13.3. The van der Waals surface area contributed by atoms with Crippen molar-refractivity contribution in [2.45, 2.75) is 52.4 Å². The molecule has 30 heavy (non-hydrogen) atoms. The van der Waals surface area contributed by atoms with Gasteiger partial charge in [-0.05, 0) is 48.8 Å². The zero-order valence-corrected chi connectivity index (χ0v) is 18.3. The van der Waals surface area contributed by atoms with Crippen LogP contribution in [0, 0.1) is 12.8 Å². The standard InChI is InChI=1S/C27H30N2O/c1-18(2)22-16-14-20(4)25-26(23-13-9-8-10-19(23)3)28-29(27(22)25)24(30)17-15-21-11-6-5-7-12-21/h5-13,15,17-18,20,22H,14,16H2,1-4H3/b17-15+/t20-,22-/m0/s1. The number of aromatic nitrogens is 2. The first kappa shape index (κ1) is 20.3. The number of fused-ring (bicyclic) bond motifs is 1. The molecule has 1 aliphatic carbocycles. The van der Waals surface area contributed by atoms with Crippen LogP contribution in [0.25, 0.3) is 17.3 Å². The fourth-order valence-corrected chi connectivity index (χ4v) is 4.65. The molecule has 0 N–H and O–H groups in total. The Hall–Kier alpha value is -2.94. The number of rotatable bonds is 4. The minimum atomic E-state index is -0.0744. The van der Waals surface area contributed by atoms with Gasteiger partial charge in [-0.15, -0.1) is 0 Å². The monoisotopic (exact) mass is 398 g/mol. The zero-order chi connectivity index (χ0) is 21.3. The van der Waals surface area contributed by atoms with Crippen LogP contribution in [0.5, 0.6) is 0 Å². The SMILES string of the molecule is Cc1ccccc1-c1nn(C(=O)/C=C/c2ccccc2)c2c1[C@@H](C)CC[C@H]2C(C)C. The summed E-state index contributed by atoms with van der Waals surface area (Å²) in [6.45, 7) is 8.89. The highest BCUT2D eigenvalue weighted by Gasteiger charge is 2.35. The quantitative estimate of drug-likeness (QED) is 0.451. The van der Waals surface area contributed by atoms with Gasteiger partial charge in [0.1, 0.15) is 0 Å². The van der Waals surface area contributed by atoms with Crippen molar-refractivity contribution in [2.75, 3.05) is 0 Å². The largest absolute Gasteiger partial charge is 0.271 e. The molecule has 0 aliphatic heterocycles. The van der Waals surface area contributed by atoms with Gasteiger partial charge >= 0.3 is 0 Å². The molecule has 154 valence electrons. The third-order valence-electron chi connectivity index (χ3n) is 6.35. The van der Waals surface area contributed by atoms with Crippen molar-refractivity contribution in [3.8, 4) is 11.3 Å². The lowest BCUT2D eigenvalue weighted by Crippen LogP contribution is -2.23. The van der Waals surface area contributed by atoms with Crippen molar-refractivity contribution in [1.82, 2.24) is 9.78 Å². The molecule has 0 saturated heterocycles. The van der Waals surface area contributed by atoms with Crippen LogP contribution < -0.4 is 0 Å². The molecule has 3 aromatic rings. The minimum absolute atomic E-state index is 0.0744. The van der Waals surface area contributed by atoms with Gasteiger partial charge in [-0.2, -0.15) is 5.10 Å². The lowest BCUT2D eigenvalue weighted by atomic mass is 9.75. The second-order valence-electron chi connectivity index (χ2n) is 8.79. The molecule has 0 amide bonds. The van der Waals surface area contributed by atoms with Crippen molar-refractivity contribution < 1.29 is 4.79 Å². The molecule has 0 unspecified atom stereocenters. The summed E-state index contributed by atoms with van der Waals surface area (Å²) in [5.74, 6) is 1.12. The van der Waals surface area contributed by atoms with E-state index in [1.165, 1.54) is 11.1 Å². The smallest absolute Gasteiger partial charge is 0.267 e. The number of carbonyl (C=O) groups excluding carboxylic acids is 1. The van der Waals surface area contributed by atoms with E-state index in [0.29, 0.717) is 17.8 Å². The van der Waals surface area contributed by atoms with E-state index in [0.717, 1.165) is 35.4 Å². The zero-order valence-electron chi connectivity index (χ0n) is 18.3. The first-order valence-electron chi connectivity index (χ1n) is 10.9. The molecule has 0 fully saturated rings. The number of carbonyl (C=O) groups is 1. The van der Waals surface area contributed by atoms with Gasteiger partial charge in [-0.25, -0.2) is 4.68 Å². The maximum Gasteiger partial charge on any atom is 0.271 e. The van der Waals surface area contributed by atoms with Crippen LogP contribution in [-0.4, -0.2) is 15.7 Å². The van der Waals surface area contributed by atoms with Gasteiger partial charge in [0.25, 0.3) is 5.91 Å². The first-order chi connectivity index (χ1) is 14.5. The number of nitrogens with zero attached hydrogens (tertiary/aromatic N) is 2. The maximum absolute atomic E-state index is 13.3. The van der Waals surface area contributed by atoms with Gasteiger partial charge in [0.2, 0.25) is 0 Å². The Kier molecular flexibility index (Phi) is 5.72. The number of allylic oxidation sites excluding steroid dienone is 1. The third kappa shape index (κ3) is 3.77. The third-order valence-corrected chi connectivity index (χ3v) is 6.35. The number of hydrogen-bond donors (Lipinski definition) is 0. The average Bonchev–Trinajstić information content (AvgIpc) is 3.14. The second-order valence-corrected chi connectivity index (χ2v) is 8.79. The molecule has 1 heterocycles. The highest BCUT2D eigenvalue weighted by Crippen LogP contribution is 2.46. The van der Waals surface area contributed by atoms with Crippen LogP contribution in [0.1, 0.15) is 72.6 Å². The Balaban J connectivity index is 1.86. The fraction of sp³-hybridized carbons (Fsp3) is 0.333. The highest BCUT2D eigenvalue weighted by molar-refractivity contribution is 5.94. The predicted molar refractivity (Wildman–Crippen MR) is 124 cm³/mol. The van der Waals surface area contributed by atoms with Crippen molar-refractivity contribution in [3.05, 3.63) is 83.1 Å². The molecule has 0 saturated carbocycles. The molecule has 4 rings (SSSR count). The van der Waals surface area contributed by atoms with E-state index in [9.17, 15) is 4.79 Å². The average molecular weight is 399 g/mol. The Labute approximate surface area is 179 Å². The molecule has 0 radical (unpaired) electrons. The van der Waals surface area contributed by atoms with E-state index in [4.69, 9.17) is 5.10 Å². The van der Waals surface area contributed by atoms with E-state index in [-0.39, 0.29) is 5.91 Å². The lowest BCUT2D eigenvalue weighted by molar-refractivity contribution is 0.0947. The van der Waals surface area contributed by atoms with Crippen LogP contribution >= 0.6 is 0 Å². The van der Waals surface area contributed by atoms with Crippen LogP contribution in [-0.2, 0) is 0 Å². The molecule has 0 spiro atoms. The number of aryl methyl sites for hydroxylation is 1. The van der Waals surface area contributed by atoms with Crippen LogP contribution in [0.15, 0.2) is 60.7 Å². The molecular formula is C27H30N2O. The first-order valence-corrected chi connectivity index (χ1v) is 10.9. The van der Waals surface area contributed by atoms with Crippen molar-refractivity contribution in [3.63, 3.8) is 0 Å². The van der Waals surface area contributed by atoms with Crippen molar-refractivity contribution in [1.29, 1.82) is 0 Å². The highest BCUT2D eigenvalue weighted by atomic mass is 16.2. The Morgan fingerprint density at radius 3 is 2.47 bits per heavy atom. The molecule has 2 atom stereocenters.